The van der Waals surface area contributed by atoms with Gasteiger partial charge in [-0.25, -0.2) is 18.2 Å². The molecule has 4 aromatic rings. The van der Waals surface area contributed by atoms with Gasteiger partial charge >= 0.3 is 17.1 Å². The Balaban J connectivity index is 0.000000188. The van der Waals surface area contributed by atoms with Crippen LogP contribution in [0.2, 0.25) is 0 Å². The maximum absolute atomic E-state index is 3.72. The van der Waals surface area contributed by atoms with Gasteiger partial charge in [0.05, 0.1) is 5.52 Å². The molecule has 0 unspecified atom stereocenters. The molecule has 0 amide bonds. The van der Waals surface area contributed by atoms with Crippen molar-refractivity contribution in [2.75, 3.05) is 0 Å². The molecule has 4 rings (SSSR count). The molecule has 0 spiro atoms. The third-order valence-corrected chi connectivity index (χ3v) is 3.53. The molecule has 0 radical (unpaired) electrons. The molecule has 1 heterocycles. The molecule has 0 atom stereocenters. The normalized spacial score (nSPS) is 8.91. The minimum Gasteiger partial charge on any atom is -0.324 e. The zero-order valence-electron chi connectivity index (χ0n) is 12.6. The number of benzene rings is 1. The van der Waals surface area contributed by atoms with Crippen LogP contribution in [0, 0.1) is 0 Å². The molecule has 1 nitrogen and oxygen atoms in total. The van der Waals surface area contributed by atoms with E-state index in [0.717, 1.165) is 4.47 Å². The van der Waals surface area contributed by atoms with E-state index in [1.165, 1.54) is 10.9 Å². The zero-order chi connectivity index (χ0) is 15.6. The van der Waals surface area contributed by atoms with E-state index < -0.39 is 0 Å². The maximum atomic E-state index is 3.72. The second-order valence-corrected chi connectivity index (χ2v) is 5.45. The van der Waals surface area contributed by atoms with Crippen molar-refractivity contribution >= 4 is 33.0 Å². The Morgan fingerprint density at radius 3 is 2.13 bits per heavy atom. The molecule has 0 aliphatic heterocycles. The zero-order valence-corrected chi connectivity index (χ0v) is 15.3. The van der Waals surface area contributed by atoms with Gasteiger partial charge in [-0.3, -0.25) is 0 Å². The number of aromatic nitrogens is 1. The van der Waals surface area contributed by atoms with Crippen molar-refractivity contribution < 1.29 is 17.1 Å². The van der Waals surface area contributed by atoms with Crippen LogP contribution >= 0.6 is 15.9 Å². The van der Waals surface area contributed by atoms with Gasteiger partial charge in [-0.15, -0.1) is 4.47 Å². The molecular weight excluding hydrogens is 390 g/mol. The molecule has 0 saturated carbocycles. The molecule has 0 aliphatic carbocycles. The Labute approximate surface area is 156 Å². The second-order valence-electron chi connectivity index (χ2n) is 4.53. The molecule has 0 bridgehead atoms. The molecule has 3 heteroatoms. The minimum atomic E-state index is 0. The van der Waals surface area contributed by atoms with Crippen LogP contribution in [0.15, 0.2) is 102 Å². The van der Waals surface area contributed by atoms with Gasteiger partial charge in [0.1, 0.15) is 0 Å². The Hall–Kier alpha value is -1.80. The summed E-state index contributed by atoms with van der Waals surface area (Å²) >= 11 is 3.28. The van der Waals surface area contributed by atoms with Gasteiger partial charge in [-0.1, -0.05) is 40.7 Å². The molecule has 118 valence electrons. The second kappa shape index (κ2) is 10.8. The van der Waals surface area contributed by atoms with Crippen molar-refractivity contribution in [1.82, 2.24) is 4.57 Å². The van der Waals surface area contributed by atoms with E-state index in [1.54, 1.807) is 0 Å². The average Bonchev–Trinajstić information content (AvgIpc) is 3.31. The first-order chi connectivity index (χ1) is 10.8. The van der Waals surface area contributed by atoms with Gasteiger partial charge in [0.25, 0.3) is 0 Å². The summed E-state index contributed by atoms with van der Waals surface area (Å²) in [5, 5.41) is 1.26. The quantitative estimate of drug-likeness (QED) is 0.257. The molecule has 0 aliphatic rings. The smallest absolute Gasteiger partial charge is 0.324 e. The SMILES string of the molecule is Brc1ccc[cH-]1.C=Cn1ccc2ccccc21.[Fe+2].c1cc[cH-]c1. The summed E-state index contributed by atoms with van der Waals surface area (Å²) in [4.78, 5) is 0. The number of fused-ring (bicyclic) bond motifs is 1. The van der Waals surface area contributed by atoms with Gasteiger partial charge in [0.15, 0.2) is 0 Å². The van der Waals surface area contributed by atoms with Crippen molar-refractivity contribution in [3.05, 3.63) is 102 Å². The van der Waals surface area contributed by atoms with Gasteiger partial charge < -0.3 is 4.57 Å². The third kappa shape index (κ3) is 6.45. The summed E-state index contributed by atoms with van der Waals surface area (Å²) in [6.45, 7) is 3.72. The van der Waals surface area contributed by atoms with Crippen molar-refractivity contribution in [1.29, 1.82) is 0 Å². The standard InChI is InChI=1S/C10H9N.C5H4Br.C5H5.Fe/c1-2-11-8-7-9-5-3-4-6-10(9)11;6-5-3-1-2-4-5;1-2-4-5-3-1;/h2-8H,1H2;1-4H;1-5H;/q;2*-1;+2. The van der Waals surface area contributed by atoms with Crippen molar-refractivity contribution in [3.63, 3.8) is 0 Å². The first kappa shape index (κ1) is 19.2. The Morgan fingerprint density at radius 2 is 1.65 bits per heavy atom. The number of rotatable bonds is 1. The largest absolute Gasteiger partial charge is 2.00 e. The monoisotopic (exact) mass is 407 g/mol. The van der Waals surface area contributed by atoms with Crippen LogP contribution in [0.1, 0.15) is 0 Å². The first-order valence-electron chi connectivity index (χ1n) is 7.03. The predicted molar refractivity (Wildman–Crippen MR) is 100 cm³/mol. The van der Waals surface area contributed by atoms with Gasteiger partial charge in [0.2, 0.25) is 0 Å². The topological polar surface area (TPSA) is 4.93 Å². The molecule has 23 heavy (non-hydrogen) atoms. The summed E-state index contributed by atoms with van der Waals surface area (Å²) in [6.07, 6.45) is 3.82. The van der Waals surface area contributed by atoms with Crippen molar-refractivity contribution in [2.45, 2.75) is 0 Å². The van der Waals surface area contributed by atoms with Gasteiger partial charge in [-0.2, -0.15) is 36.4 Å². The fraction of sp³-hybridized carbons (Fsp3) is 0. The number of para-hydroxylation sites is 1. The van der Waals surface area contributed by atoms with E-state index >= 15 is 0 Å². The van der Waals surface area contributed by atoms with E-state index in [0.29, 0.717) is 0 Å². The molecule has 3 aromatic carbocycles. The predicted octanol–water partition coefficient (Wildman–Crippen LogP) is 6.31. The van der Waals surface area contributed by atoms with Crippen LogP contribution < -0.4 is 0 Å². The Bertz CT molecular complexity index is 750. The average molecular weight is 408 g/mol. The van der Waals surface area contributed by atoms with Crippen molar-refractivity contribution in [2.24, 2.45) is 0 Å². The fourth-order valence-electron chi connectivity index (χ4n) is 1.93. The number of hydrogen-bond donors (Lipinski definition) is 0. The van der Waals surface area contributed by atoms with E-state index in [-0.39, 0.29) is 17.1 Å². The van der Waals surface area contributed by atoms with E-state index in [2.05, 4.69) is 40.7 Å². The molecular formula is C20H18BrFeN. The van der Waals surface area contributed by atoms with E-state index in [1.807, 2.05) is 83.7 Å². The first-order valence-corrected chi connectivity index (χ1v) is 7.82. The molecule has 0 saturated heterocycles. The van der Waals surface area contributed by atoms with Crippen LogP contribution in [0.4, 0.5) is 0 Å². The summed E-state index contributed by atoms with van der Waals surface area (Å²) < 4.78 is 3.16. The van der Waals surface area contributed by atoms with Crippen LogP contribution in [-0.4, -0.2) is 4.57 Å². The fourth-order valence-corrected chi connectivity index (χ4v) is 2.24. The van der Waals surface area contributed by atoms with Crippen LogP contribution in [-0.2, 0) is 17.1 Å². The van der Waals surface area contributed by atoms with E-state index in [9.17, 15) is 0 Å². The van der Waals surface area contributed by atoms with Crippen LogP contribution in [0.3, 0.4) is 0 Å². The summed E-state index contributed by atoms with van der Waals surface area (Å²) in [7, 11) is 0. The van der Waals surface area contributed by atoms with Gasteiger partial charge in [0, 0.05) is 12.4 Å². The Kier molecular flexibility index (Phi) is 9.08. The van der Waals surface area contributed by atoms with Crippen LogP contribution in [0.5, 0.6) is 0 Å². The Morgan fingerprint density at radius 1 is 0.913 bits per heavy atom. The minimum absolute atomic E-state index is 0. The third-order valence-electron chi connectivity index (χ3n) is 3.00. The maximum Gasteiger partial charge on any atom is 2.00 e. The summed E-state index contributed by atoms with van der Waals surface area (Å²) in [6, 6.07) is 28.3. The van der Waals surface area contributed by atoms with Crippen LogP contribution in [0.25, 0.3) is 17.1 Å². The number of halogens is 1. The molecule has 1 aromatic heterocycles. The van der Waals surface area contributed by atoms with Gasteiger partial charge in [-0.05, 0) is 17.5 Å². The summed E-state index contributed by atoms with van der Waals surface area (Å²) in [5.74, 6) is 0. The number of hydrogen-bond acceptors (Lipinski definition) is 0. The van der Waals surface area contributed by atoms with Crippen molar-refractivity contribution in [3.8, 4) is 0 Å². The molecule has 0 fully saturated rings. The number of nitrogens with zero attached hydrogens (tertiary/aromatic N) is 1. The molecule has 0 N–H and O–H groups in total. The summed E-state index contributed by atoms with van der Waals surface area (Å²) in [5.41, 5.74) is 1.21. The van der Waals surface area contributed by atoms with E-state index in [4.69, 9.17) is 0 Å².